The van der Waals surface area contributed by atoms with Gasteiger partial charge in [-0.3, -0.25) is 10.1 Å². The van der Waals surface area contributed by atoms with E-state index in [-0.39, 0.29) is 10.6 Å². The zero-order valence-corrected chi connectivity index (χ0v) is 11.7. The number of fused-ring (bicyclic) bond motifs is 1. The third kappa shape index (κ3) is 2.10. The average molecular weight is 271 g/mol. The zero-order chi connectivity index (χ0) is 14.3. The molecule has 0 spiro atoms. The van der Waals surface area contributed by atoms with Crippen LogP contribution in [0.5, 0.6) is 0 Å². The van der Waals surface area contributed by atoms with Gasteiger partial charge in [-0.05, 0) is 25.1 Å². The second kappa shape index (κ2) is 4.76. The van der Waals surface area contributed by atoms with Gasteiger partial charge in [0.15, 0.2) is 0 Å². The first kappa shape index (κ1) is 12.9. The molecule has 0 fully saturated rings. The summed E-state index contributed by atoms with van der Waals surface area (Å²) in [6.07, 6.45) is 5.35. The highest BCUT2D eigenvalue weighted by Crippen LogP contribution is 2.32. The Labute approximate surface area is 117 Å². The summed E-state index contributed by atoms with van der Waals surface area (Å²) in [5.74, 6) is 0. The molecular weight excluding hydrogens is 254 g/mol. The third-order valence-corrected chi connectivity index (χ3v) is 3.94. The molecule has 0 amide bonds. The van der Waals surface area contributed by atoms with Crippen LogP contribution in [0.15, 0.2) is 30.5 Å². The summed E-state index contributed by atoms with van der Waals surface area (Å²) in [4.78, 5) is 12.8. The van der Waals surface area contributed by atoms with E-state index in [1.807, 2.05) is 17.7 Å². The molecule has 0 bridgehead atoms. The lowest BCUT2D eigenvalue weighted by molar-refractivity contribution is -0.384. The number of nitro benzene ring substituents is 1. The molecule has 0 unspecified atom stereocenters. The van der Waals surface area contributed by atoms with Crippen molar-refractivity contribution >= 4 is 22.2 Å². The molecule has 0 atom stereocenters. The summed E-state index contributed by atoms with van der Waals surface area (Å²) in [5.41, 5.74) is 3.59. The molecule has 5 nitrogen and oxygen atoms in total. The number of rotatable bonds is 2. The monoisotopic (exact) mass is 271 g/mol. The maximum atomic E-state index is 10.9. The Morgan fingerprint density at radius 2 is 2.10 bits per heavy atom. The first-order valence-corrected chi connectivity index (χ1v) is 6.67. The van der Waals surface area contributed by atoms with Gasteiger partial charge in [-0.15, -0.1) is 0 Å². The third-order valence-electron chi connectivity index (χ3n) is 3.94. The van der Waals surface area contributed by atoms with Gasteiger partial charge in [0.1, 0.15) is 0 Å². The van der Waals surface area contributed by atoms with Gasteiger partial charge in [0.2, 0.25) is 0 Å². The van der Waals surface area contributed by atoms with Crippen LogP contribution in [0.3, 0.4) is 0 Å². The lowest BCUT2D eigenvalue weighted by atomic mass is 9.99. The van der Waals surface area contributed by atoms with E-state index in [4.69, 9.17) is 0 Å². The van der Waals surface area contributed by atoms with Gasteiger partial charge in [0.25, 0.3) is 5.69 Å². The van der Waals surface area contributed by atoms with E-state index >= 15 is 0 Å². The minimum Gasteiger partial charge on any atom is -0.350 e. The van der Waals surface area contributed by atoms with Crippen LogP contribution in [0, 0.1) is 10.1 Å². The van der Waals surface area contributed by atoms with Crippen molar-refractivity contribution in [2.75, 3.05) is 20.1 Å². The Hall–Kier alpha value is -2.14. The fourth-order valence-corrected chi connectivity index (χ4v) is 2.76. The minimum absolute atomic E-state index is 0.141. The molecule has 2 aromatic rings. The van der Waals surface area contributed by atoms with Crippen molar-refractivity contribution < 1.29 is 4.92 Å². The molecule has 20 heavy (non-hydrogen) atoms. The van der Waals surface area contributed by atoms with Gasteiger partial charge in [0, 0.05) is 49.4 Å². The predicted octanol–water partition coefficient (Wildman–Crippen LogP) is 2.81. The number of non-ortho nitro benzene ring substituents is 1. The molecular formula is C15H17N3O2. The quantitative estimate of drug-likeness (QED) is 0.623. The number of likely N-dealkylation sites (N-methyl/N-ethyl adjacent to an activating group) is 1. The molecule has 0 saturated heterocycles. The highest BCUT2D eigenvalue weighted by Gasteiger charge is 2.16. The van der Waals surface area contributed by atoms with Gasteiger partial charge in [0.05, 0.1) is 10.4 Å². The molecule has 104 valence electrons. The Balaban J connectivity index is 2.11. The summed E-state index contributed by atoms with van der Waals surface area (Å²) < 4.78 is 1.97. The van der Waals surface area contributed by atoms with Gasteiger partial charge in [-0.1, -0.05) is 6.08 Å². The second-order valence-corrected chi connectivity index (χ2v) is 5.35. The van der Waals surface area contributed by atoms with Crippen molar-refractivity contribution in [2.24, 2.45) is 7.05 Å². The molecule has 1 aliphatic rings. The largest absolute Gasteiger partial charge is 0.350 e. The topological polar surface area (TPSA) is 51.3 Å². The fraction of sp³-hybridized carbons (Fsp3) is 0.333. The van der Waals surface area contributed by atoms with E-state index in [0.717, 1.165) is 30.4 Å². The van der Waals surface area contributed by atoms with Crippen LogP contribution in [0.4, 0.5) is 5.69 Å². The highest BCUT2D eigenvalue weighted by molar-refractivity contribution is 5.94. The predicted molar refractivity (Wildman–Crippen MR) is 79.7 cm³/mol. The Morgan fingerprint density at radius 1 is 1.30 bits per heavy atom. The number of hydrogen-bond donors (Lipinski definition) is 0. The Morgan fingerprint density at radius 3 is 2.75 bits per heavy atom. The van der Waals surface area contributed by atoms with E-state index in [0.29, 0.717) is 0 Å². The molecule has 5 heteroatoms. The van der Waals surface area contributed by atoms with E-state index < -0.39 is 0 Å². The first-order chi connectivity index (χ1) is 9.56. The van der Waals surface area contributed by atoms with Crippen LogP contribution in [-0.2, 0) is 7.05 Å². The number of aryl methyl sites for hydroxylation is 1. The standard InChI is InChI=1S/C15H17N3O2/c1-16-7-5-11(6-8-16)14-10-17(2)15-9-12(18(19)20)3-4-13(14)15/h3-5,9-10H,6-8H2,1-2H3. The lowest BCUT2D eigenvalue weighted by Gasteiger charge is -2.21. The Bertz CT molecular complexity index is 715. The average Bonchev–Trinajstić information content (AvgIpc) is 2.76. The molecule has 2 heterocycles. The smallest absolute Gasteiger partial charge is 0.271 e. The van der Waals surface area contributed by atoms with Crippen molar-refractivity contribution in [1.82, 2.24) is 9.47 Å². The summed E-state index contributed by atoms with van der Waals surface area (Å²) in [6.45, 7) is 2.01. The minimum atomic E-state index is -0.346. The van der Waals surface area contributed by atoms with Crippen molar-refractivity contribution in [1.29, 1.82) is 0 Å². The number of benzene rings is 1. The molecule has 0 saturated carbocycles. The lowest BCUT2D eigenvalue weighted by Crippen LogP contribution is -2.23. The summed E-state index contributed by atoms with van der Waals surface area (Å²) in [6, 6.07) is 5.09. The van der Waals surface area contributed by atoms with Crippen LogP contribution in [0.2, 0.25) is 0 Å². The zero-order valence-electron chi connectivity index (χ0n) is 11.7. The van der Waals surface area contributed by atoms with Crippen LogP contribution in [0.1, 0.15) is 12.0 Å². The fourth-order valence-electron chi connectivity index (χ4n) is 2.76. The second-order valence-electron chi connectivity index (χ2n) is 5.35. The van der Waals surface area contributed by atoms with Gasteiger partial charge < -0.3 is 9.47 Å². The van der Waals surface area contributed by atoms with E-state index in [1.54, 1.807) is 12.1 Å². The summed E-state index contributed by atoms with van der Waals surface area (Å²) in [5, 5.41) is 12.0. The van der Waals surface area contributed by atoms with Gasteiger partial charge in [-0.25, -0.2) is 0 Å². The molecule has 1 aromatic heterocycles. The van der Waals surface area contributed by atoms with Crippen molar-refractivity contribution in [3.05, 3.63) is 46.1 Å². The maximum Gasteiger partial charge on any atom is 0.271 e. The molecule has 0 radical (unpaired) electrons. The number of aromatic nitrogens is 1. The number of hydrogen-bond acceptors (Lipinski definition) is 3. The molecule has 0 aliphatic carbocycles. The van der Waals surface area contributed by atoms with Crippen LogP contribution >= 0.6 is 0 Å². The molecule has 0 N–H and O–H groups in total. The Kier molecular flexibility index (Phi) is 3.06. The van der Waals surface area contributed by atoms with E-state index in [1.165, 1.54) is 11.1 Å². The number of nitrogens with zero attached hydrogens (tertiary/aromatic N) is 3. The molecule has 1 aromatic carbocycles. The van der Waals surface area contributed by atoms with Crippen LogP contribution < -0.4 is 0 Å². The summed E-state index contributed by atoms with van der Waals surface area (Å²) in [7, 11) is 4.05. The van der Waals surface area contributed by atoms with Crippen LogP contribution in [0.25, 0.3) is 16.5 Å². The van der Waals surface area contributed by atoms with Crippen molar-refractivity contribution in [3.63, 3.8) is 0 Å². The summed E-state index contributed by atoms with van der Waals surface area (Å²) >= 11 is 0. The van der Waals surface area contributed by atoms with E-state index in [9.17, 15) is 10.1 Å². The SMILES string of the molecule is CN1CC=C(c2cn(C)c3cc([N+](=O)[O-])ccc23)CC1. The van der Waals surface area contributed by atoms with Crippen molar-refractivity contribution in [2.45, 2.75) is 6.42 Å². The van der Waals surface area contributed by atoms with E-state index in [2.05, 4.69) is 24.2 Å². The molecule has 1 aliphatic heterocycles. The van der Waals surface area contributed by atoms with Gasteiger partial charge in [-0.2, -0.15) is 0 Å². The maximum absolute atomic E-state index is 10.9. The van der Waals surface area contributed by atoms with Crippen LogP contribution in [-0.4, -0.2) is 34.5 Å². The number of nitro groups is 1. The normalized spacial score (nSPS) is 16.4. The highest BCUT2D eigenvalue weighted by atomic mass is 16.6. The first-order valence-electron chi connectivity index (χ1n) is 6.67. The van der Waals surface area contributed by atoms with Gasteiger partial charge >= 0.3 is 0 Å². The van der Waals surface area contributed by atoms with Crippen molar-refractivity contribution in [3.8, 4) is 0 Å². The molecule has 3 rings (SSSR count).